The lowest BCUT2D eigenvalue weighted by Crippen LogP contribution is -2.28. The molecule has 0 saturated heterocycles. The molecule has 29 heavy (non-hydrogen) atoms. The number of benzene rings is 3. The average Bonchev–Trinajstić information content (AvgIpc) is 2.75. The van der Waals surface area contributed by atoms with E-state index in [1.807, 2.05) is 73.7 Å². The largest absolute Gasteiger partial charge is 0.497 e. The third-order valence-corrected chi connectivity index (χ3v) is 4.58. The van der Waals surface area contributed by atoms with Crippen molar-refractivity contribution in [1.82, 2.24) is 5.32 Å². The Bertz CT molecular complexity index is 969. The van der Waals surface area contributed by atoms with Crippen molar-refractivity contribution in [2.75, 3.05) is 12.4 Å². The first-order valence-electron chi connectivity index (χ1n) is 9.44. The van der Waals surface area contributed by atoms with E-state index >= 15 is 0 Å². The third kappa shape index (κ3) is 5.69. The Morgan fingerprint density at radius 1 is 0.931 bits per heavy atom. The Labute approximate surface area is 170 Å². The van der Waals surface area contributed by atoms with Gasteiger partial charge in [0.1, 0.15) is 5.75 Å². The van der Waals surface area contributed by atoms with Gasteiger partial charge in [-0.3, -0.25) is 9.59 Å². The maximum atomic E-state index is 12.4. The van der Waals surface area contributed by atoms with Gasteiger partial charge in [0.2, 0.25) is 5.91 Å². The molecule has 3 aromatic rings. The zero-order valence-electron chi connectivity index (χ0n) is 16.5. The minimum absolute atomic E-state index is 0.0682. The van der Waals surface area contributed by atoms with E-state index in [-0.39, 0.29) is 17.9 Å². The summed E-state index contributed by atoms with van der Waals surface area (Å²) in [4.78, 5) is 24.7. The van der Waals surface area contributed by atoms with Gasteiger partial charge in [-0.15, -0.1) is 0 Å². The Morgan fingerprint density at radius 2 is 1.66 bits per heavy atom. The topological polar surface area (TPSA) is 67.4 Å². The molecule has 0 aliphatic rings. The lowest BCUT2D eigenvalue weighted by atomic mass is 10.1. The Balaban J connectivity index is 1.60. The molecule has 0 spiro atoms. The molecule has 3 aromatic carbocycles. The van der Waals surface area contributed by atoms with Gasteiger partial charge >= 0.3 is 0 Å². The van der Waals surface area contributed by atoms with Crippen molar-refractivity contribution in [3.05, 3.63) is 95.6 Å². The Kier molecular flexibility index (Phi) is 6.63. The van der Waals surface area contributed by atoms with Crippen molar-refractivity contribution in [1.29, 1.82) is 0 Å². The van der Waals surface area contributed by atoms with Gasteiger partial charge in [-0.1, -0.05) is 42.5 Å². The maximum absolute atomic E-state index is 12.4. The minimum Gasteiger partial charge on any atom is -0.497 e. The highest BCUT2D eigenvalue weighted by molar-refractivity contribution is 6.04. The quantitative estimate of drug-likeness (QED) is 0.632. The van der Waals surface area contributed by atoms with E-state index in [1.54, 1.807) is 19.2 Å². The number of rotatable bonds is 7. The number of nitrogens with one attached hydrogen (secondary N) is 2. The number of amides is 2. The molecule has 1 unspecified atom stereocenters. The molecule has 148 valence electrons. The molecule has 0 saturated carbocycles. The molecule has 0 aliphatic heterocycles. The lowest BCUT2D eigenvalue weighted by Gasteiger charge is -2.16. The summed E-state index contributed by atoms with van der Waals surface area (Å²) >= 11 is 0. The van der Waals surface area contributed by atoms with Crippen molar-refractivity contribution >= 4 is 17.5 Å². The van der Waals surface area contributed by atoms with Crippen LogP contribution in [0.5, 0.6) is 5.75 Å². The van der Waals surface area contributed by atoms with E-state index in [2.05, 4.69) is 10.6 Å². The number of ether oxygens (including phenoxy) is 1. The fourth-order valence-corrected chi connectivity index (χ4v) is 2.98. The van der Waals surface area contributed by atoms with Crippen molar-refractivity contribution in [3.8, 4) is 5.75 Å². The van der Waals surface area contributed by atoms with Gasteiger partial charge in [0.15, 0.2) is 0 Å². The van der Waals surface area contributed by atoms with Crippen LogP contribution in [0.25, 0.3) is 0 Å². The highest BCUT2D eigenvalue weighted by Gasteiger charge is 2.12. The highest BCUT2D eigenvalue weighted by Crippen LogP contribution is 2.19. The monoisotopic (exact) mass is 388 g/mol. The van der Waals surface area contributed by atoms with Crippen LogP contribution >= 0.6 is 0 Å². The fourth-order valence-electron chi connectivity index (χ4n) is 2.98. The summed E-state index contributed by atoms with van der Waals surface area (Å²) in [7, 11) is 1.61. The lowest BCUT2D eigenvalue weighted by molar-refractivity contribution is -0.121. The van der Waals surface area contributed by atoms with Crippen molar-refractivity contribution in [2.24, 2.45) is 0 Å². The van der Waals surface area contributed by atoms with Crippen LogP contribution in [0.4, 0.5) is 5.69 Å². The van der Waals surface area contributed by atoms with Crippen LogP contribution in [-0.2, 0) is 11.2 Å². The first-order chi connectivity index (χ1) is 14.0. The van der Waals surface area contributed by atoms with Crippen LogP contribution < -0.4 is 15.4 Å². The van der Waals surface area contributed by atoms with E-state index in [9.17, 15) is 9.59 Å². The molecule has 0 fully saturated rings. The highest BCUT2D eigenvalue weighted by atomic mass is 16.5. The minimum atomic E-state index is -0.186. The molecular formula is C24H24N2O3. The van der Waals surface area contributed by atoms with Gasteiger partial charge in [-0.05, 0) is 54.4 Å². The molecule has 3 rings (SSSR count). The number of anilines is 1. The van der Waals surface area contributed by atoms with Gasteiger partial charge in [0.25, 0.3) is 5.91 Å². The number of hydrogen-bond acceptors (Lipinski definition) is 3. The van der Waals surface area contributed by atoms with Crippen molar-refractivity contribution in [3.63, 3.8) is 0 Å². The molecule has 0 radical (unpaired) electrons. The van der Waals surface area contributed by atoms with E-state index in [0.717, 1.165) is 16.9 Å². The molecule has 0 aliphatic carbocycles. The summed E-state index contributed by atoms with van der Waals surface area (Å²) in [6.07, 6.45) is 0.290. The predicted octanol–water partition coefficient (Wildman–Crippen LogP) is 4.37. The van der Waals surface area contributed by atoms with Crippen LogP contribution in [-0.4, -0.2) is 18.9 Å². The summed E-state index contributed by atoms with van der Waals surface area (Å²) < 4.78 is 5.13. The molecule has 5 heteroatoms. The summed E-state index contributed by atoms with van der Waals surface area (Å²) in [5, 5.41) is 5.90. The molecule has 1 atom stereocenters. The Hall–Kier alpha value is -3.60. The number of carbonyl (C=O) groups is 2. The van der Waals surface area contributed by atoms with Gasteiger partial charge in [-0.2, -0.15) is 0 Å². The first-order valence-corrected chi connectivity index (χ1v) is 9.44. The normalized spacial score (nSPS) is 11.4. The zero-order valence-corrected chi connectivity index (χ0v) is 16.5. The van der Waals surface area contributed by atoms with Crippen LogP contribution in [0.2, 0.25) is 0 Å². The van der Waals surface area contributed by atoms with Crippen LogP contribution in [0.15, 0.2) is 78.9 Å². The molecule has 2 N–H and O–H groups in total. The van der Waals surface area contributed by atoms with Gasteiger partial charge in [0, 0.05) is 11.3 Å². The van der Waals surface area contributed by atoms with Gasteiger partial charge < -0.3 is 15.4 Å². The molecule has 0 heterocycles. The third-order valence-electron chi connectivity index (χ3n) is 4.58. The van der Waals surface area contributed by atoms with E-state index in [4.69, 9.17) is 4.74 Å². The van der Waals surface area contributed by atoms with E-state index in [1.165, 1.54) is 0 Å². The van der Waals surface area contributed by atoms with E-state index < -0.39 is 0 Å². The van der Waals surface area contributed by atoms with Crippen molar-refractivity contribution < 1.29 is 14.3 Å². The summed E-state index contributed by atoms with van der Waals surface area (Å²) in [5.74, 6) is 0.525. The van der Waals surface area contributed by atoms with Crippen LogP contribution in [0.3, 0.4) is 0 Å². The predicted molar refractivity (Wildman–Crippen MR) is 114 cm³/mol. The standard InChI is InChI=1S/C24H24N2O3/c1-17(25-23(27)15-18-11-13-22(29-2)14-12-18)20-9-6-10-21(16-20)26-24(28)19-7-4-3-5-8-19/h3-14,16-17H,15H2,1-2H3,(H,25,27)(H,26,28). The number of methoxy groups -OCH3 is 1. The van der Waals surface area contributed by atoms with Crippen molar-refractivity contribution in [2.45, 2.75) is 19.4 Å². The maximum Gasteiger partial charge on any atom is 0.255 e. The van der Waals surface area contributed by atoms with E-state index in [0.29, 0.717) is 17.7 Å². The van der Waals surface area contributed by atoms with Crippen LogP contribution in [0, 0.1) is 0 Å². The Morgan fingerprint density at radius 3 is 2.34 bits per heavy atom. The van der Waals surface area contributed by atoms with Crippen LogP contribution in [0.1, 0.15) is 34.5 Å². The summed E-state index contributed by atoms with van der Waals surface area (Å²) in [5.41, 5.74) is 3.12. The smallest absolute Gasteiger partial charge is 0.255 e. The van der Waals surface area contributed by atoms with Gasteiger partial charge in [0.05, 0.1) is 19.6 Å². The summed E-state index contributed by atoms with van der Waals surface area (Å²) in [6.45, 7) is 1.92. The second kappa shape index (κ2) is 9.55. The zero-order chi connectivity index (χ0) is 20.6. The fraction of sp³-hybridized carbons (Fsp3) is 0.167. The second-order valence-corrected chi connectivity index (χ2v) is 6.76. The number of carbonyl (C=O) groups excluding carboxylic acids is 2. The molecule has 5 nitrogen and oxygen atoms in total. The average molecular weight is 388 g/mol. The SMILES string of the molecule is COc1ccc(CC(=O)NC(C)c2cccc(NC(=O)c3ccccc3)c2)cc1. The molecule has 2 amide bonds. The summed E-state index contributed by atoms with van der Waals surface area (Å²) in [6, 6.07) is 23.8. The molecule has 0 aromatic heterocycles. The first kappa shape index (κ1) is 20.1. The van der Waals surface area contributed by atoms with Gasteiger partial charge in [-0.25, -0.2) is 0 Å². The molecular weight excluding hydrogens is 364 g/mol. The molecule has 0 bridgehead atoms. The second-order valence-electron chi connectivity index (χ2n) is 6.76. The number of hydrogen-bond donors (Lipinski definition) is 2.